The summed E-state index contributed by atoms with van der Waals surface area (Å²) in [6, 6.07) is 12.8. The van der Waals surface area contributed by atoms with Gasteiger partial charge in [0.15, 0.2) is 15.0 Å². The molecular weight excluding hydrogens is 490 g/mol. The molecule has 0 saturated carbocycles. The number of benzene rings is 2. The summed E-state index contributed by atoms with van der Waals surface area (Å²) < 4.78 is 25.8. The summed E-state index contributed by atoms with van der Waals surface area (Å²) in [5, 5.41) is 0.218. The number of carbonyl (C=O) groups excluding carboxylic acids is 1. The average molecular weight is 524 g/mol. The molecule has 1 amide bonds. The zero-order valence-corrected chi connectivity index (χ0v) is 22.9. The molecule has 186 valence electrons. The standard InChI is InChI=1S/C25H33N3O3S2.ClH/c1-6-27(7-2)14-15-28(25-26-22-13-8-19(5)16-23(22)32-25)24(29)17-20-9-11-21(12-10-20)33(30,31)18(3)4;/h8-13,16,18H,6-7,14-15,17H2,1-5H3;1H. The number of hydrogen-bond donors (Lipinski definition) is 0. The molecule has 0 bridgehead atoms. The topological polar surface area (TPSA) is 70.6 Å². The molecule has 9 heteroatoms. The fourth-order valence-corrected chi connectivity index (χ4v) is 5.75. The quantitative estimate of drug-likeness (QED) is 0.368. The Bertz CT molecular complexity index is 1200. The molecule has 0 saturated heterocycles. The summed E-state index contributed by atoms with van der Waals surface area (Å²) in [6.07, 6.45) is 0.190. The highest BCUT2D eigenvalue weighted by atomic mass is 35.5. The van der Waals surface area contributed by atoms with Crippen LogP contribution in [-0.4, -0.2) is 55.6 Å². The minimum absolute atomic E-state index is 0. The van der Waals surface area contributed by atoms with Crippen LogP contribution in [0.1, 0.15) is 38.8 Å². The molecule has 0 radical (unpaired) electrons. The van der Waals surface area contributed by atoms with Gasteiger partial charge in [-0.15, -0.1) is 12.4 Å². The van der Waals surface area contributed by atoms with Crippen molar-refractivity contribution in [2.75, 3.05) is 31.1 Å². The first-order valence-corrected chi connectivity index (χ1v) is 13.7. The van der Waals surface area contributed by atoms with Crippen LogP contribution in [0.15, 0.2) is 47.4 Å². The first-order valence-electron chi connectivity index (χ1n) is 11.4. The van der Waals surface area contributed by atoms with Gasteiger partial charge in [0.05, 0.1) is 26.8 Å². The van der Waals surface area contributed by atoms with Crippen LogP contribution in [0.2, 0.25) is 0 Å². The molecular formula is C25H34ClN3O3S2. The zero-order valence-electron chi connectivity index (χ0n) is 20.4. The van der Waals surface area contributed by atoms with E-state index in [4.69, 9.17) is 4.98 Å². The third-order valence-corrected chi connectivity index (χ3v) is 9.04. The van der Waals surface area contributed by atoms with Gasteiger partial charge in [0.2, 0.25) is 5.91 Å². The van der Waals surface area contributed by atoms with Crippen molar-refractivity contribution in [1.29, 1.82) is 0 Å². The number of aryl methyl sites for hydroxylation is 1. The summed E-state index contributed by atoms with van der Waals surface area (Å²) in [6.45, 7) is 12.8. The van der Waals surface area contributed by atoms with E-state index in [0.717, 1.165) is 41.0 Å². The number of likely N-dealkylation sites (N-methyl/N-ethyl adjacent to an activating group) is 1. The molecule has 1 heterocycles. The summed E-state index contributed by atoms with van der Waals surface area (Å²) in [7, 11) is -3.33. The second-order valence-corrected chi connectivity index (χ2v) is 12.0. The summed E-state index contributed by atoms with van der Waals surface area (Å²) in [4.78, 5) is 22.5. The number of fused-ring (bicyclic) bond motifs is 1. The largest absolute Gasteiger partial charge is 0.302 e. The molecule has 0 aliphatic heterocycles. The third kappa shape index (κ3) is 6.56. The van der Waals surface area contributed by atoms with E-state index < -0.39 is 15.1 Å². The van der Waals surface area contributed by atoms with E-state index in [2.05, 4.69) is 24.8 Å². The highest BCUT2D eigenvalue weighted by Crippen LogP contribution is 2.30. The number of halogens is 1. The van der Waals surface area contributed by atoms with E-state index in [1.165, 1.54) is 11.3 Å². The predicted octanol–water partition coefficient (Wildman–Crippen LogP) is 5.13. The highest BCUT2D eigenvalue weighted by Gasteiger charge is 2.22. The van der Waals surface area contributed by atoms with Crippen molar-refractivity contribution >= 4 is 54.8 Å². The number of nitrogens with zero attached hydrogens (tertiary/aromatic N) is 3. The van der Waals surface area contributed by atoms with Gasteiger partial charge in [-0.25, -0.2) is 13.4 Å². The number of hydrogen-bond acceptors (Lipinski definition) is 6. The lowest BCUT2D eigenvalue weighted by Crippen LogP contribution is -2.39. The predicted molar refractivity (Wildman–Crippen MR) is 144 cm³/mol. The van der Waals surface area contributed by atoms with Crippen molar-refractivity contribution in [3.63, 3.8) is 0 Å². The van der Waals surface area contributed by atoms with Crippen molar-refractivity contribution in [3.8, 4) is 0 Å². The Morgan fingerprint density at radius 2 is 1.68 bits per heavy atom. The number of sulfone groups is 1. The summed E-state index contributed by atoms with van der Waals surface area (Å²) in [5.74, 6) is -0.0441. The molecule has 0 aliphatic rings. The average Bonchev–Trinajstić information content (AvgIpc) is 3.19. The van der Waals surface area contributed by atoms with Gasteiger partial charge in [0, 0.05) is 13.1 Å². The van der Waals surface area contributed by atoms with Crippen LogP contribution >= 0.6 is 23.7 Å². The van der Waals surface area contributed by atoms with Crippen LogP contribution < -0.4 is 4.90 Å². The molecule has 0 atom stereocenters. The van der Waals surface area contributed by atoms with E-state index in [-0.39, 0.29) is 29.6 Å². The van der Waals surface area contributed by atoms with E-state index in [0.29, 0.717) is 11.7 Å². The van der Waals surface area contributed by atoms with Crippen LogP contribution in [0, 0.1) is 6.92 Å². The number of rotatable bonds is 10. The van der Waals surface area contributed by atoms with Crippen LogP contribution in [0.5, 0.6) is 0 Å². The van der Waals surface area contributed by atoms with Gasteiger partial charge in [0.25, 0.3) is 0 Å². The van der Waals surface area contributed by atoms with Crippen LogP contribution in [0.3, 0.4) is 0 Å². The number of carbonyl (C=O) groups is 1. The van der Waals surface area contributed by atoms with Crippen molar-refractivity contribution in [1.82, 2.24) is 9.88 Å². The molecule has 3 aromatic rings. The smallest absolute Gasteiger partial charge is 0.233 e. The lowest BCUT2D eigenvalue weighted by molar-refractivity contribution is -0.118. The van der Waals surface area contributed by atoms with Gasteiger partial charge in [-0.1, -0.05) is 43.4 Å². The van der Waals surface area contributed by atoms with E-state index in [1.807, 2.05) is 19.1 Å². The van der Waals surface area contributed by atoms with Crippen LogP contribution in [-0.2, 0) is 21.1 Å². The Morgan fingerprint density at radius 1 is 1.03 bits per heavy atom. The van der Waals surface area contributed by atoms with Crippen molar-refractivity contribution < 1.29 is 13.2 Å². The van der Waals surface area contributed by atoms with E-state index in [1.54, 1.807) is 43.0 Å². The number of anilines is 1. The van der Waals surface area contributed by atoms with Gasteiger partial charge in [-0.2, -0.15) is 0 Å². The molecule has 0 spiro atoms. The third-order valence-electron chi connectivity index (χ3n) is 5.83. The zero-order chi connectivity index (χ0) is 24.2. The molecule has 34 heavy (non-hydrogen) atoms. The summed E-state index contributed by atoms with van der Waals surface area (Å²) >= 11 is 1.53. The maximum absolute atomic E-state index is 13.4. The molecule has 0 aliphatic carbocycles. The van der Waals surface area contributed by atoms with Crippen LogP contribution in [0.4, 0.5) is 5.13 Å². The van der Waals surface area contributed by atoms with Gasteiger partial charge >= 0.3 is 0 Å². The SMILES string of the molecule is CCN(CC)CCN(C(=O)Cc1ccc(S(=O)(=O)C(C)C)cc1)c1nc2ccc(C)cc2s1.Cl. The summed E-state index contributed by atoms with van der Waals surface area (Å²) in [5.41, 5.74) is 2.84. The minimum atomic E-state index is -3.33. The monoisotopic (exact) mass is 523 g/mol. The lowest BCUT2D eigenvalue weighted by Gasteiger charge is -2.24. The van der Waals surface area contributed by atoms with Crippen molar-refractivity contribution in [3.05, 3.63) is 53.6 Å². The fourth-order valence-electron chi connectivity index (χ4n) is 3.58. The van der Waals surface area contributed by atoms with E-state index in [9.17, 15) is 13.2 Å². The molecule has 0 unspecified atom stereocenters. The molecule has 6 nitrogen and oxygen atoms in total. The molecule has 0 fully saturated rings. The molecule has 0 N–H and O–H groups in total. The molecule has 2 aromatic carbocycles. The first-order chi connectivity index (χ1) is 15.6. The Morgan fingerprint density at radius 3 is 2.26 bits per heavy atom. The number of thiazole rings is 1. The highest BCUT2D eigenvalue weighted by molar-refractivity contribution is 7.92. The molecule has 1 aromatic heterocycles. The minimum Gasteiger partial charge on any atom is -0.302 e. The Kier molecular flexibility index (Phi) is 10.1. The number of aromatic nitrogens is 1. The maximum Gasteiger partial charge on any atom is 0.233 e. The van der Waals surface area contributed by atoms with Gasteiger partial charge in [0.1, 0.15) is 0 Å². The van der Waals surface area contributed by atoms with Crippen LogP contribution in [0.25, 0.3) is 10.2 Å². The lowest BCUT2D eigenvalue weighted by atomic mass is 10.1. The second kappa shape index (κ2) is 12.1. The number of amides is 1. The molecule has 3 rings (SSSR count). The fraction of sp³-hybridized carbons (Fsp3) is 0.440. The maximum atomic E-state index is 13.4. The Labute approximate surface area is 213 Å². The van der Waals surface area contributed by atoms with E-state index >= 15 is 0 Å². The first kappa shape index (κ1) is 28.2. The van der Waals surface area contributed by atoms with Crippen molar-refractivity contribution in [2.45, 2.75) is 51.2 Å². The van der Waals surface area contributed by atoms with Gasteiger partial charge < -0.3 is 4.90 Å². The van der Waals surface area contributed by atoms with Gasteiger partial charge in [-0.3, -0.25) is 9.69 Å². The van der Waals surface area contributed by atoms with Crippen molar-refractivity contribution in [2.24, 2.45) is 0 Å². The Balaban J connectivity index is 0.00000408. The Hall–Kier alpha value is -2.00. The normalized spacial score (nSPS) is 11.7. The van der Waals surface area contributed by atoms with Gasteiger partial charge in [-0.05, 0) is 69.3 Å². The second-order valence-electron chi connectivity index (χ2n) is 8.45.